The van der Waals surface area contributed by atoms with Gasteiger partial charge < -0.3 is 4.90 Å². The number of amides is 1. The number of pyridine rings is 1. The van der Waals surface area contributed by atoms with Gasteiger partial charge in [0.1, 0.15) is 6.54 Å². The Bertz CT molecular complexity index is 360. The lowest BCUT2D eigenvalue weighted by molar-refractivity contribution is -0.487. The second-order valence-electron chi connectivity index (χ2n) is 4.44. The highest BCUT2D eigenvalue weighted by molar-refractivity contribution is 5.69. The van der Waals surface area contributed by atoms with Gasteiger partial charge in [0.05, 0.1) is 0 Å². The summed E-state index contributed by atoms with van der Waals surface area (Å²) in [4.78, 5) is 20.4. The summed E-state index contributed by atoms with van der Waals surface area (Å²) in [5.41, 5.74) is 0. The van der Waals surface area contributed by atoms with Crippen molar-refractivity contribution in [2.24, 2.45) is 0 Å². The van der Waals surface area contributed by atoms with Crippen molar-refractivity contribution in [1.82, 2.24) is 14.8 Å². The molecule has 2 rings (SSSR count). The van der Waals surface area contributed by atoms with Gasteiger partial charge in [0.15, 0.2) is 0 Å². The number of carbonyl (C=O) groups is 1. The maximum Gasteiger partial charge on any atom is 0.330 e. The van der Waals surface area contributed by atoms with E-state index in [-0.39, 0.29) is 5.91 Å². The number of carbonyl (C=O) groups excluding carboxylic acids is 1. The van der Waals surface area contributed by atoms with Gasteiger partial charge in [0.25, 0.3) is 0 Å². The highest BCUT2D eigenvalue weighted by atomic mass is 16.2. The van der Waals surface area contributed by atoms with E-state index in [4.69, 9.17) is 0 Å². The predicted molar refractivity (Wildman–Crippen MR) is 64.8 cm³/mol. The number of primary amides is 1. The molecule has 1 saturated heterocycles. The van der Waals surface area contributed by atoms with E-state index in [1.807, 2.05) is 18.2 Å². The zero-order valence-corrected chi connectivity index (χ0v) is 10.2. The summed E-state index contributed by atoms with van der Waals surface area (Å²) in [6, 6.07) is 5.59. The number of quaternary nitrogens is 1. The summed E-state index contributed by atoms with van der Waals surface area (Å²) in [6.45, 7) is 4.52. The van der Waals surface area contributed by atoms with Gasteiger partial charge in [-0.1, -0.05) is 6.07 Å². The normalized spacial score (nSPS) is 18.2. The van der Waals surface area contributed by atoms with Crippen molar-refractivity contribution < 1.29 is 10.1 Å². The lowest BCUT2D eigenvalue weighted by Crippen LogP contribution is -2.84. The molecule has 0 unspecified atom stereocenters. The van der Waals surface area contributed by atoms with Crippen LogP contribution in [0.5, 0.6) is 0 Å². The molecule has 1 aliphatic heterocycles. The first-order chi connectivity index (χ1) is 8.24. The molecule has 1 amide bonds. The van der Waals surface area contributed by atoms with Crippen LogP contribution < -0.4 is 5.32 Å². The van der Waals surface area contributed by atoms with Gasteiger partial charge in [-0.3, -0.25) is 4.90 Å². The fraction of sp³-hybridized carbons (Fsp3) is 0.500. The van der Waals surface area contributed by atoms with E-state index < -0.39 is 0 Å². The lowest BCUT2D eigenvalue weighted by atomic mass is 10.3. The van der Waals surface area contributed by atoms with E-state index in [9.17, 15) is 4.79 Å². The van der Waals surface area contributed by atoms with Gasteiger partial charge in [0, 0.05) is 38.4 Å². The average molecular weight is 235 g/mol. The van der Waals surface area contributed by atoms with Crippen LogP contribution in [0.4, 0.5) is 5.82 Å². The molecular weight excluding hydrogens is 216 g/mol. The van der Waals surface area contributed by atoms with E-state index in [0.29, 0.717) is 6.54 Å². The monoisotopic (exact) mass is 235 g/mol. The first kappa shape index (κ1) is 12.2. The van der Waals surface area contributed by atoms with Crippen LogP contribution in [0.2, 0.25) is 0 Å². The number of hydrogen-bond acceptors (Lipinski definition) is 4. The van der Waals surface area contributed by atoms with E-state index in [0.717, 1.165) is 32.0 Å². The molecule has 92 valence electrons. The SMILES string of the molecule is CN1CCN(CC(=O)[NH2+]c2ccccn2)CC1. The molecular formula is C12H19N4O+. The van der Waals surface area contributed by atoms with Crippen LogP contribution in [0.15, 0.2) is 24.4 Å². The van der Waals surface area contributed by atoms with E-state index in [2.05, 4.69) is 21.8 Å². The molecule has 2 heterocycles. The Balaban J connectivity index is 1.78. The molecule has 0 bridgehead atoms. The fourth-order valence-corrected chi connectivity index (χ4v) is 1.90. The minimum atomic E-state index is 0.133. The number of piperazine rings is 1. The van der Waals surface area contributed by atoms with Gasteiger partial charge in [0.2, 0.25) is 5.82 Å². The second kappa shape index (κ2) is 5.86. The Morgan fingerprint density at radius 2 is 2.12 bits per heavy atom. The molecule has 1 fully saturated rings. The highest BCUT2D eigenvalue weighted by Crippen LogP contribution is 1.97. The predicted octanol–water partition coefficient (Wildman–Crippen LogP) is -0.949. The maximum atomic E-state index is 11.8. The first-order valence-electron chi connectivity index (χ1n) is 5.93. The third kappa shape index (κ3) is 3.89. The third-order valence-electron chi connectivity index (χ3n) is 2.97. The standard InChI is InChI=1S/C12H18N4O/c1-15-6-8-16(9-7-15)10-12(17)14-11-4-2-3-5-13-11/h2-5H,6-10H2,1H3,(H,13,14,17)/p+1. The molecule has 17 heavy (non-hydrogen) atoms. The van der Waals surface area contributed by atoms with E-state index in [1.54, 1.807) is 11.5 Å². The molecule has 1 aliphatic rings. The van der Waals surface area contributed by atoms with Gasteiger partial charge in [-0.15, -0.1) is 0 Å². The lowest BCUT2D eigenvalue weighted by Gasteiger charge is -2.30. The summed E-state index contributed by atoms with van der Waals surface area (Å²) >= 11 is 0. The molecule has 0 aliphatic carbocycles. The third-order valence-corrected chi connectivity index (χ3v) is 2.97. The summed E-state index contributed by atoms with van der Waals surface area (Å²) in [7, 11) is 2.11. The Labute approximate surface area is 101 Å². The number of likely N-dealkylation sites (N-methyl/N-ethyl adjacent to an activating group) is 1. The van der Waals surface area contributed by atoms with Crippen LogP contribution >= 0.6 is 0 Å². The molecule has 2 N–H and O–H groups in total. The van der Waals surface area contributed by atoms with Gasteiger partial charge in [-0.05, 0) is 13.1 Å². The second-order valence-corrected chi connectivity index (χ2v) is 4.44. The van der Waals surface area contributed by atoms with Crippen LogP contribution in [-0.2, 0) is 4.79 Å². The molecule has 0 atom stereocenters. The molecule has 0 aromatic carbocycles. The first-order valence-corrected chi connectivity index (χ1v) is 5.93. The number of rotatable bonds is 3. The summed E-state index contributed by atoms with van der Waals surface area (Å²) < 4.78 is 0. The van der Waals surface area contributed by atoms with Gasteiger partial charge in [-0.2, -0.15) is 0 Å². The van der Waals surface area contributed by atoms with Crippen molar-refractivity contribution in [1.29, 1.82) is 0 Å². The zero-order chi connectivity index (χ0) is 12.1. The van der Waals surface area contributed by atoms with Crippen LogP contribution in [0.1, 0.15) is 0 Å². The minimum absolute atomic E-state index is 0.133. The highest BCUT2D eigenvalue weighted by Gasteiger charge is 2.18. The zero-order valence-electron chi connectivity index (χ0n) is 10.2. The Morgan fingerprint density at radius 1 is 1.35 bits per heavy atom. The largest absolute Gasteiger partial charge is 0.330 e. The Hall–Kier alpha value is -1.30. The van der Waals surface area contributed by atoms with E-state index >= 15 is 0 Å². The van der Waals surface area contributed by atoms with Crippen LogP contribution in [0, 0.1) is 0 Å². The van der Waals surface area contributed by atoms with Crippen molar-refractivity contribution in [3.63, 3.8) is 0 Å². The topological polar surface area (TPSA) is 53.0 Å². The number of aromatic nitrogens is 1. The summed E-state index contributed by atoms with van der Waals surface area (Å²) in [6.07, 6.45) is 1.70. The smallest absolute Gasteiger partial charge is 0.304 e. The van der Waals surface area contributed by atoms with Crippen LogP contribution in [0.25, 0.3) is 0 Å². The quantitative estimate of drug-likeness (QED) is 0.734. The molecule has 1 aromatic heterocycles. The van der Waals surface area contributed by atoms with E-state index in [1.165, 1.54) is 0 Å². The van der Waals surface area contributed by atoms with Crippen LogP contribution in [0.3, 0.4) is 0 Å². The Kier molecular flexibility index (Phi) is 4.19. The molecule has 5 heteroatoms. The van der Waals surface area contributed by atoms with Crippen molar-refractivity contribution >= 4 is 11.7 Å². The van der Waals surface area contributed by atoms with Gasteiger partial charge >= 0.3 is 5.91 Å². The number of nitrogens with zero attached hydrogens (tertiary/aromatic N) is 3. The minimum Gasteiger partial charge on any atom is -0.304 e. The number of hydrogen-bond donors (Lipinski definition) is 1. The fourth-order valence-electron chi connectivity index (χ4n) is 1.90. The molecule has 1 aromatic rings. The van der Waals surface area contributed by atoms with Gasteiger partial charge in [-0.25, -0.2) is 15.1 Å². The van der Waals surface area contributed by atoms with Crippen LogP contribution in [-0.4, -0.2) is 60.5 Å². The van der Waals surface area contributed by atoms with Crippen molar-refractivity contribution in [3.8, 4) is 0 Å². The van der Waals surface area contributed by atoms with Crippen molar-refractivity contribution in [3.05, 3.63) is 24.4 Å². The maximum absolute atomic E-state index is 11.8. The number of nitrogens with two attached hydrogens (primary N) is 1. The summed E-state index contributed by atoms with van der Waals surface area (Å²) in [5.74, 6) is 0.875. The van der Waals surface area contributed by atoms with Crippen molar-refractivity contribution in [2.75, 3.05) is 39.8 Å². The van der Waals surface area contributed by atoms with Crippen molar-refractivity contribution in [2.45, 2.75) is 0 Å². The molecule has 0 radical (unpaired) electrons. The average Bonchev–Trinajstić information content (AvgIpc) is 2.33. The Morgan fingerprint density at radius 3 is 2.76 bits per heavy atom. The molecule has 0 spiro atoms. The summed E-state index contributed by atoms with van der Waals surface area (Å²) in [5, 5.41) is 1.62. The molecule has 5 nitrogen and oxygen atoms in total. The molecule has 0 saturated carbocycles.